The van der Waals surface area contributed by atoms with Crippen LogP contribution in [0.15, 0.2) is 12.2 Å². The number of unbranched alkanes of at least 4 members (excludes halogenated alkanes) is 6. The summed E-state index contributed by atoms with van der Waals surface area (Å²) in [5, 5.41) is 19.7. The Morgan fingerprint density at radius 2 is 1.55 bits per heavy atom. The molecule has 0 radical (unpaired) electrons. The van der Waals surface area contributed by atoms with Gasteiger partial charge in [0.15, 0.2) is 0 Å². The topological polar surface area (TPSA) is 40.5 Å². The lowest BCUT2D eigenvalue weighted by atomic mass is 9.92. The zero-order valence-electron chi connectivity index (χ0n) is 15.5. The lowest BCUT2D eigenvalue weighted by molar-refractivity contribution is 0.0533. The summed E-state index contributed by atoms with van der Waals surface area (Å²) in [4.78, 5) is 0. The van der Waals surface area contributed by atoms with Gasteiger partial charge in [-0.15, -0.1) is 0 Å². The molecule has 0 rings (SSSR count). The van der Waals surface area contributed by atoms with Crippen molar-refractivity contribution in [1.82, 2.24) is 0 Å². The van der Waals surface area contributed by atoms with Gasteiger partial charge in [-0.25, -0.2) is 0 Å². The van der Waals surface area contributed by atoms with E-state index in [4.69, 9.17) is 0 Å². The van der Waals surface area contributed by atoms with Crippen LogP contribution in [0.4, 0.5) is 0 Å². The normalized spacial score (nSPS) is 15.4. The molecule has 2 nitrogen and oxygen atoms in total. The standard InChI is InChI=1S/C20H40O2/c1-5-6-7-8-9-12-15-19(22)18(17-21)14-11-10-13-16-20(2,3)4/h13,16,18-19,21-22H,5-12,14-15,17H2,1-4H3. The highest BCUT2D eigenvalue weighted by Crippen LogP contribution is 2.20. The summed E-state index contributed by atoms with van der Waals surface area (Å²) >= 11 is 0. The first-order valence-corrected chi connectivity index (χ1v) is 9.37. The van der Waals surface area contributed by atoms with Crippen LogP contribution < -0.4 is 0 Å². The maximum Gasteiger partial charge on any atom is 0.0590 e. The Hall–Kier alpha value is -0.340. The SMILES string of the molecule is CCCCCCCCC(O)C(CO)CCCC=CC(C)(C)C. The number of hydrogen-bond donors (Lipinski definition) is 2. The molecule has 2 N–H and O–H groups in total. The van der Waals surface area contributed by atoms with E-state index in [1.165, 1.54) is 32.1 Å². The molecule has 0 bridgehead atoms. The first-order valence-electron chi connectivity index (χ1n) is 9.37. The van der Waals surface area contributed by atoms with Gasteiger partial charge in [-0.3, -0.25) is 0 Å². The third kappa shape index (κ3) is 13.3. The molecule has 0 amide bonds. The minimum atomic E-state index is -0.331. The maximum atomic E-state index is 10.2. The molecular formula is C20H40O2. The molecule has 0 aliphatic heterocycles. The predicted molar refractivity (Wildman–Crippen MR) is 97.0 cm³/mol. The highest BCUT2D eigenvalue weighted by Gasteiger charge is 2.17. The molecule has 0 aromatic rings. The Bertz CT molecular complexity index is 265. The summed E-state index contributed by atoms with van der Waals surface area (Å²) in [5.41, 5.74) is 0.244. The zero-order valence-corrected chi connectivity index (χ0v) is 15.5. The molecule has 132 valence electrons. The van der Waals surface area contributed by atoms with Crippen molar-refractivity contribution in [1.29, 1.82) is 0 Å². The van der Waals surface area contributed by atoms with E-state index in [-0.39, 0.29) is 24.0 Å². The Morgan fingerprint density at radius 1 is 0.909 bits per heavy atom. The highest BCUT2D eigenvalue weighted by molar-refractivity contribution is 4.92. The number of aliphatic hydroxyl groups excluding tert-OH is 2. The summed E-state index contributed by atoms with van der Waals surface area (Å²) in [6.45, 7) is 8.94. The van der Waals surface area contributed by atoms with Gasteiger partial charge < -0.3 is 10.2 Å². The van der Waals surface area contributed by atoms with Crippen molar-refractivity contribution in [3.63, 3.8) is 0 Å². The fraction of sp³-hybridized carbons (Fsp3) is 0.900. The molecule has 0 aromatic heterocycles. The van der Waals surface area contributed by atoms with Gasteiger partial charge in [0.1, 0.15) is 0 Å². The molecule has 2 heteroatoms. The van der Waals surface area contributed by atoms with Crippen molar-refractivity contribution >= 4 is 0 Å². The minimum absolute atomic E-state index is 0.0543. The van der Waals surface area contributed by atoms with Gasteiger partial charge in [0.05, 0.1) is 6.10 Å². The lowest BCUT2D eigenvalue weighted by Crippen LogP contribution is -2.23. The second kappa shape index (κ2) is 13.1. The third-order valence-electron chi connectivity index (χ3n) is 4.20. The van der Waals surface area contributed by atoms with E-state index in [0.29, 0.717) is 0 Å². The monoisotopic (exact) mass is 312 g/mol. The third-order valence-corrected chi connectivity index (χ3v) is 4.20. The molecule has 0 saturated heterocycles. The molecule has 0 spiro atoms. The van der Waals surface area contributed by atoms with Gasteiger partial charge in [-0.2, -0.15) is 0 Å². The van der Waals surface area contributed by atoms with Gasteiger partial charge in [0.2, 0.25) is 0 Å². The Balaban J connectivity index is 3.76. The van der Waals surface area contributed by atoms with Crippen molar-refractivity contribution in [3.05, 3.63) is 12.2 Å². The van der Waals surface area contributed by atoms with Gasteiger partial charge >= 0.3 is 0 Å². The number of allylic oxidation sites excluding steroid dienone is 2. The summed E-state index contributed by atoms with van der Waals surface area (Å²) in [7, 11) is 0. The summed E-state index contributed by atoms with van der Waals surface area (Å²) in [6, 6.07) is 0. The molecule has 0 aliphatic carbocycles. The molecule has 22 heavy (non-hydrogen) atoms. The molecule has 2 atom stereocenters. The Morgan fingerprint density at radius 3 is 2.14 bits per heavy atom. The smallest absolute Gasteiger partial charge is 0.0590 e. The number of hydrogen-bond acceptors (Lipinski definition) is 2. The number of aliphatic hydroxyl groups is 2. The van der Waals surface area contributed by atoms with Gasteiger partial charge in [0, 0.05) is 12.5 Å². The van der Waals surface area contributed by atoms with Crippen molar-refractivity contribution in [2.45, 2.75) is 98.0 Å². The van der Waals surface area contributed by atoms with Gasteiger partial charge in [0.25, 0.3) is 0 Å². The van der Waals surface area contributed by atoms with E-state index in [1.54, 1.807) is 0 Å². The van der Waals surface area contributed by atoms with E-state index < -0.39 is 0 Å². The fourth-order valence-corrected chi connectivity index (χ4v) is 2.71. The Labute approximate surface area is 139 Å². The first-order chi connectivity index (χ1) is 10.4. The summed E-state index contributed by atoms with van der Waals surface area (Å²) in [6.07, 6.45) is 15.5. The average molecular weight is 313 g/mol. The summed E-state index contributed by atoms with van der Waals surface area (Å²) in [5.74, 6) is 0.0543. The molecule has 0 heterocycles. The van der Waals surface area contributed by atoms with Crippen LogP contribution in [0.5, 0.6) is 0 Å². The van der Waals surface area contributed by atoms with Crippen LogP contribution in [-0.4, -0.2) is 22.9 Å². The molecule has 0 saturated carbocycles. The summed E-state index contributed by atoms with van der Waals surface area (Å²) < 4.78 is 0. The number of rotatable bonds is 13. The van der Waals surface area contributed by atoms with Crippen LogP contribution in [-0.2, 0) is 0 Å². The lowest BCUT2D eigenvalue weighted by Gasteiger charge is -2.20. The first kappa shape index (κ1) is 21.7. The van der Waals surface area contributed by atoms with Crippen molar-refractivity contribution in [3.8, 4) is 0 Å². The van der Waals surface area contributed by atoms with Crippen LogP contribution in [0.2, 0.25) is 0 Å². The largest absolute Gasteiger partial charge is 0.396 e. The minimum Gasteiger partial charge on any atom is -0.396 e. The molecule has 0 aliphatic rings. The maximum absolute atomic E-state index is 10.2. The molecule has 0 fully saturated rings. The van der Waals surface area contributed by atoms with Gasteiger partial charge in [-0.1, -0.05) is 78.4 Å². The van der Waals surface area contributed by atoms with E-state index >= 15 is 0 Å². The van der Waals surface area contributed by atoms with Gasteiger partial charge in [-0.05, 0) is 31.1 Å². The van der Waals surface area contributed by atoms with E-state index in [0.717, 1.165) is 32.1 Å². The zero-order chi connectivity index (χ0) is 16.8. The van der Waals surface area contributed by atoms with Crippen molar-refractivity contribution in [2.75, 3.05) is 6.61 Å². The quantitative estimate of drug-likeness (QED) is 0.349. The van der Waals surface area contributed by atoms with Crippen LogP contribution in [0.1, 0.15) is 91.9 Å². The predicted octanol–water partition coefficient (Wildman–Crippen LogP) is 5.48. The van der Waals surface area contributed by atoms with Crippen LogP contribution >= 0.6 is 0 Å². The average Bonchev–Trinajstić information content (AvgIpc) is 2.45. The molecule has 2 unspecified atom stereocenters. The fourth-order valence-electron chi connectivity index (χ4n) is 2.71. The van der Waals surface area contributed by atoms with E-state index in [1.807, 2.05) is 0 Å². The van der Waals surface area contributed by atoms with Crippen LogP contribution in [0.25, 0.3) is 0 Å². The highest BCUT2D eigenvalue weighted by atomic mass is 16.3. The van der Waals surface area contributed by atoms with Crippen LogP contribution in [0, 0.1) is 11.3 Å². The Kier molecular flexibility index (Phi) is 12.9. The van der Waals surface area contributed by atoms with E-state index in [2.05, 4.69) is 39.8 Å². The molecule has 0 aromatic carbocycles. The molecular weight excluding hydrogens is 272 g/mol. The second-order valence-corrected chi connectivity index (χ2v) is 7.77. The van der Waals surface area contributed by atoms with Crippen molar-refractivity contribution in [2.24, 2.45) is 11.3 Å². The van der Waals surface area contributed by atoms with Crippen molar-refractivity contribution < 1.29 is 10.2 Å². The second-order valence-electron chi connectivity index (χ2n) is 7.77. The van der Waals surface area contributed by atoms with E-state index in [9.17, 15) is 10.2 Å². The van der Waals surface area contributed by atoms with Crippen LogP contribution in [0.3, 0.4) is 0 Å².